The lowest BCUT2D eigenvalue weighted by atomic mass is 10.0. The summed E-state index contributed by atoms with van der Waals surface area (Å²) >= 11 is 1.61. The van der Waals surface area contributed by atoms with Crippen LogP contribution in [0.25, 0.3) is 15.0 Å². The molecular formula is C26H21O2S2+. The maximum absolute atomic E-state index is 12.9. The molecule has 1 atom stereocenters. The molecule has 2 aromatic carbocycles. The van der Waals surface area contributed by atoms with E-state index in [9.17, 15) is 4.79 Å². The highest BCUT2D eigenvalue weighted by Gasteiger charge is 2.36. The highest BCUT2D eigenvalue weighted by atomic mass is 32.2. The molecule has 1 saturated carbocycles. The molecule has 0 amide bonds. The summed E-state index contributed by atoms with van der Waals surface area (Å²) < 4.78 is 7.32. The van der Waals surface area contributed by atoms with Gasteiger partial charge in [0.1, 0.15) is 5.38 Å². The second-order valence-electron chi connectivity index (χ2n) is 7.52. The number of carbonyl (C=O) groups excluding carboxylic acids is 1. The van der Waals surface area contributed by atoms with Gasteiger partial charge in [0, 0.05) is 21.9 Å². The van der Waals surface area contributed by atoms with Gasteiger partial charge in [-0.2, -0.15) is 0 Å². The van der Waals surface area contributed by atoms with E-state index in [2.05, 4.69) is 47.6 Å². The van der Waals surface area contributed by atoms with Gasteiger partial charge in [0.25, 0.3) is 0 Å². The molecular weight excluding hydrogens is 408 g/mol. The van der Waals surface area contributed by atoms with E-state index in [1.54, 1.807) is 11.3 Å². The summed E-state index contributed by atoms with van der Waals surface area (Å²) in [6.45, 7) is 0. The van der Waals surface area contributed by atoms with Crippen molar-refractivity contribution in [2.75, 3.05) is 0 Å². The Kier molecular flexibility index (Phi) is 5.16. The molecule has 1 fully saturated rings. The standard InChI is InChI=1S/C26H21O2S2/c27-25(28-26(15-3-4-16-26)17-13-22-7-5-18-29-22)21-9-11-23(12-10-21)30-19-14-20-6-1-2-8-24(20)30/h1-2,5-12,14,18-19H,3-4,15-16H2/q+1. The van der Waals surface area contributed by atoms with E-state index >= 15 is 0 Å². The van der Waals surface area contributed by atoms with Crippen LogP contribution in [0.1, 0.15) is 40.9 Å². The summed E-state index contributed by atoms with van der Waals surface area (Å²) in [5.74, 6) is 6.20. The first kappa shape index (κ1) is 19.1. The first-order valence-corrected chi connectivity index (χ1v) is 12.3. The van der Waals surface area contributed by atoms with Crippen molar-refractivity contribution in [2.24, 2.45) is 0 Å². The first-order chi connectivity index (χ1) is 14.7. The van der Waals surface area contributed by atoms with Crippen LogP contribution in [-0.4, -0.2) is 11.6 Å². The minimum Gasteiger partial charge on any atom is -0.442 e. The fraction of sp³-hybridized carbons (Fsp3) is 0.192. The van der Waals surface area contributed by atoms with Gasteiger partial charge in [0.2, 0.25) is 0 Å². The number of benzene rings is 2. The van der Waals surface area contributed by atoms with Gasteiger partial charge in [0.15, 0.2) is 15.2 Å². The number of hydrogen-bond acceptors (Lipinski definition) is 3. The summed E-state index contributed by atoms with van der Waals surface area (Å²) in [5.41, 5.74) is -0.0720. The molecule has 1 unspecified atom stereocenters. The summed E-state index contributed by atoms with van der Waals surface area (Å²) in [4.78, 5) is 15.1. The Hall–Kier alpha value is -2.87. The molecule has 0 aliphatic heterocycles. The average Bonchev–Trinajstić information content (AvgIpc) is 3.53. The maximum Gasteiger partial charge on any atom is 0.339 e. The quantitative estimate of drug-likeness (QED) is 0.196. The number of fused-ring (bicyclic) bond motifs is 1. The Morgan fingerprint density at radius 3 is 2.53 bits per heavy atom. The second kappa shape index (κ2) is 8.10. The van der Waals surface area contributed by atoms with E-state index in [1.807, 2.05) is 41.8 Å². The highest BCUT2D eigenvalue weighted by molar-refractivity contribution is 7.43. The van der Waals surface area contributed by atoms with Crippen molar-refractivity contribution in [1.82, 2.24) is 0 Å². The largest absolute Gasteiger partial charge is 0.442 e. The Morgan fingerprint density at radius 1 is 0.967 bits per heavy atom. The highest BCUT2D eigenvalue weighted by Crippen LogP contribution is 2.39. The van der Waals surface area contributed by atoms with Crippen LogP contribution in [0.4, 0.5) is 0 Å². The van der Waals surface area contributed by atoms with Crippen molar-refractivity contribution in [3.05, 3.63) is 87.9 Å². The van der Waals surface area contributed by atoms with E-state index in [0.717, 1.165) is 30.6 Å². The molecule has 0 bridgehead atoms. The lowest BCUT2D eigenvalue weighted by molar-refractivity contribution is 0.0103. The topological polar surface area (TPSA) is 26.3 Å². The maximum atomic E-state index is 12.9. The number of carbonyl (C=O) groups is 1. The van der Waals surface area contributed by atoms with Crippen LogP contribution in [0.3, 0.4) is 0 Å². The van der Waals surface area contributed by atoms with Gasteiger partial charge >= 0.3 is 5.97 Å². The van der Waals surface area contributed by atoms with Crippen molar-refractivity contribution in [1.29, 1.82) is 0 Å². The fourth-order valence-corrected chi connectivity index (χ4v) is 6.39. The van der Waals surface area contributed by atoms with Gasteiger partial charge < -0.3 is 4.74 Å². The molecule has 0 radical (unpaired) electrons. The number of rotatable bonds is 3. The smallest absolute Gasteiger partial charge is 0.339 e. The lowest BCUT2D eigenvalue weighted by Gasteiger charge is -2.23. The zero-order valence-corrected chi connectivity index (χ0v) is 18.1. The Balaban J connectivity index is 1.37. The Bertz CT molecular complexity index is 1230. The fourth-order valence-electron chi connectivity index (χ4n) is 3.94. The summed E-state index contributed by atoms with van der Waals surface area (Å²) in [7, 11) is -0.0735. The van der Waals surface area contributed by atoms with Crippen LogP contribution in [0.15, 0.2) is 77.5 Å². The summed E-state index contributed by atoms with van der Waals surface area (Å²) in [6, 6.07) is 22.5. The Labute approximate surface area is 183 Å². The van der Waals surface area contributed by atoms with Crippen molar-refractivity contribution < 1.29 is 9.53 Å². The summed E-state index contributed by atoms with van der Waals surface area (Å²) in [5, 5.41) is 5.53. The predicted octanol–water partition coefficient (Wildman–Crippen LogP) is 7.16. The van der Waals surface area contributed by atoms with Crippen LogP contribution in [0, 0.1) is 11.8 Å². The van der Waals surface area contributed by atoms with Crippen molar-refractivity contribution in [2.45, 2.75) is 31.3 Å². The third-order valence-corrected chi connectivity index (χ3v) is 8.34. The van der Waals surface area contributed by atoms with Crippen LogP contribution >= 0.6 is 21.8 Å². The monoisotopic (exact) mass is 429 g/mol. The van der Waals surface area contributed by atoms with Gasteiger partial charge in [-0.15, -0.1) is 11.3 Å². The van der Waals surface area contributed by atoms with Crippen LogP contribution in [0.2, 0.25) is 0 Å². The number of esters is 1. The number of hydrogen-bond donors (Lipinski definition) is 0. The molecule has 1 aliphatic carbocycles. The van der Waals surface area contributed by atoms with E-state index < -0.39 is 5.60 Å². The molecule has 4 heteroatoms. The minimum atomic E-state index is -0.658. The van der Waals surface area contributed by atoms with Crippen LogP contribution in [0.5, 0.6) is 0 Å². The van der Waals surface area contributed by atoms with E-state index in [-0.39, 0.29) is 16.4 Å². The average molecular weight is 430 g/mol. The molecule has 2 heterocycles. The summed E-state index contributed by atoms with van der Waals surface area (Å²) in [6.07, 6.45) is 3.69. The molecule has 30 heavy (non-hydrogen) atoms. The zero-order chi connectivity index (χ0) is 20.4. The first-order valence-electron chi connectivity index (χ1n) is 10.1. The van der Waals surface area contributed by atoms with E-state index in [0.29, 0.717) is 5.56 Å². The van der Waals surface area contributed by atoms with Crippen molar-refractivity contribution in [3.63, 3.8) is 0 Å². The van der Waals surface area contributed by atoms with Gasteiger partial charge in [-0.05, 0) is 79.4 Å². The normalized spacial score (nSPS) is 15.5. The molecule has 148 valence electrons. The van der Waals surface area contributed by atoms with Gasteiger partial charge in [-0.3, -0.25) is 0 Å². The predicted molar refractivity (Wildman–Crippen MR) is 126 cm³/mol. The van der Waals surface area contributed by atoms with E-state index in [1.165, 1.54) is 15.0 Å². The van der Waals surface area contributed by atoms with Gasteiger partial charge in [-0.1, -0.05) is 24.1 Å². The molecule has 0 N–H and O–H groups in total. The second-order valence-corrected chi connectivity index (χ2v) is 10.3. The van der Waals surface area contributed by atoms with Crippen LogP contribution in [-0.2, 0) is 4.74 Å². The minimum absolute atomic E-state index is 0.0735. The molecule has 5 rings (SSSR count). The van der Waals surface area contributed by atoms with E-state index in [4.69, 9.17) is 4.74 Å². The van der Waals surface area contributed by atoms with Crippen molar-refractivity contribution in [3.8, 4) is 16.7 Å². The third kappa shape index (κ3) is 3.79. The molecule has 0 spiro atoms. The SMILES string of the molecule is O=C(OC1(C#Cc2cccs2)CCCC1)c1ccc(-[s+]2ccc3ccccc32)cc1. The zero-order valence-electron chi connectivity index (χ0n) is 16.5. The number of thiophene rings is 2. The Morgan fingerprint density at radius 2 is 1.77 bits per heavy atom. The van der Waals surface area contributed by atoms with Gasteiger partial charge in [0.05, 0.1) is 10.4 Å². The lowest BCUT2D eigenvalue weighted by Crippen LogP contribution is -2.30. The number of ether oxygens (including phenoxy) is 1. The van der Waals surface area contributed by atoms with Crippen molar-refractivity contribution >= 4 is 37.9 Å². The third-order valence-electron chi connectivity index (χ3n) is 5.52. The molecule has 4 aromatic rings. The molecule has 2 aromatic heterocycles. The molecule has 2 nitrogen and oxygen atoms in total. The van der Waals surface area contributed by atoms with Crippen LogP contribution < -0.4 is 0 Å². The van der Waals surface area contributed by atoms with Gasteiger partial charge in [-0.25, -0.2) is 4.79 Å². The molecule has 1 aliphatic rings. The molecule has 0 saturated heterocycles.